The van der Waals surface area contributed by atoms with Crippen LogP contribution < -0.4 is 5.32 Å². The van der Waals surface area contributed by atoms with Crippen molar-refractivity contribution in [3.05, 3.63) is 12.2 Å². The SMILES string of the molecule is CCN[C@@H]1CC/C=C\CC[C@H]1O. The number of aliphatic hydroxyl groups excluding tert-OH is 1. The van der Waals surface area contributed by atoms with Gasteiger partial charge in [-0.2, -0.15) is 0 Å². The van der Waals surface area contributed by atoms with E-state index in [1.807, 2.05) is 0 Å². The van der Waals surface area contributed by atoms with Crippen LogP contribution >= 0.6 is 0 Å². The van der Waals surface area contributed by atoms with Gasteiger partial charge in [-0.15, -0.1) is 0 Å². The van der Waals surface area contributed by atoms with Crippen molar-refractivity contribution in [2.45, 2.75) is 44.8 Å². The Hall–Kier alpha value is -0.340. The monoisotopic (exact) mass is 169 g/mol. The Morgan fingerprint density at radius 3 is 2.67 bits per heavy atom. The standard InChI is InChI=1S/C10H19NO/c1-2-11-9-7-5-3-4-6-8-10(9)12/h3-4,9-12H,2,5-8H2,1H3/b4-3-/t9-,10-/m1/s1. The summed E-state index contributed by atoms with van der Waals surface area (Å²) in [6.45, 7) is 3.03. The first-order valence-corrected chi connectivity index (χ1v) is 4.91. The van der Waals surface area contributed by atoms with Gasteiger partial charge in [0.25, 0.3) is 0 Å². The molecule has 0 spiro atoms. The molecule has 1 aliphatic carbocycles. The van der Waals surface area contributed by atoms with E-state index in [0.717, 1.165) is 32.2 Å². The van der Waals surface area contributed by atoms with Crippen molar-refractivity contribution in [1.29, 1.82) is 0 Å². The van der Waals surface area contributed by atoms with E-state index in [-0.39, 0.29) is 6.10 Å². The molecular weight excluding hydrogens is 150 g/mol. The molecule has 2 N–H and O–H groups in total. The summed E-state index contributed by atoms with van der Waals surface area (Å²) in [5.41, 5.74) is 0. The Bertz CT molecular complexity index is 145. The number of aliphatic hydroxyl groups is 1. The minimum Gasteiger partial charge on any atom is -0.391 e. The van der Waals surface area contributed by atoms with Gasteiger partial charge in [-0.1, -0.05) is 19.1 Å². The maximum absolute atomic E-state index is 9.71. The van der Waals surface area contributed by atoms with Crippen LogP contribution in [0.25, 0.3) is 0 Å². The first kappa shape index (κ1) is 9.75. The van der Waals surface area contributed by atoms with Gasteiger partial charge in [-0.05, 0) is 32.2 Å². The van der Waals surface area contributed by atoms with Gasteiger partial charge >= 0.3 is 0 Å². The van der Waals surface area contributed by atoms with Crippen LogP contribution in [0.3, 0.4) is 0 Å². The molecule has 1 rings (SSSR count). The second-order valence-corrected chi connectivity index (χ2v) is 3.36. The summed E-state index contributed by atoms with van der Waals surface area (Å²) in [5, 5.41) is 13.0. The molecule has 1 aliphatic rings. The number of nitrogens with one attached hydrogen (secondary N) is 1. The number of likely N-dealkylation sites (N-methyl/N-ethyl adjacent to an activating group) is 1. The van der Waals surface area contributed by atoms with Crippen LogP contribution in [0.5, 0.6) is 0 Å². The highest BCUT2D eigenvalue weighted by molar-refractivity contribution is 4.89. The second-order valence-electron chi connectivity index (χ2n) is 3.36. The maximum atomic E-state index is 9.71. The Balaban J connectivity index is 2.40. The molecule has 12 heavy (non-hydrogen) atoms. The molecule has 0 bridgehead atoms. The molecule has 2 heteroatoms. The van der Waals surface area contributed by atoms with Crippen LogP contribution in [0, 0.1) is 0 Å². The average molecular weight is 169 g/mol. The molecule has 0 heterocycles. The zero-order chi connectivity index (χ0) is 8.81. The summed E-state index contributed by atoms with van der Waals surface area (Å²) in [4.78, 5) is 0. The highest BCUT2D eigenvalue weighted by Crippen LogP contribution is 2.12. The number of rotatable bonds is 2. The second kappa shape index (κ2) is 5.33. The van der Waals surface area contributed by atoms with E-state index in [2.05, 4.69) is 24.4 Å². The highest BCUT2D eigenvalue weighted by Gasteiger charge is 2.17. The smallest absolute Gasteiger partial charge is 0.0696 e. The Kier molecular flexibility index (Phi) is 4.33. The summed E-state index contributed by atoms with van der Waals surface area (Å²) in [6.07, 6.45) is 8.30. The van der Waals surface area contributed by atoms with Crippen molar-refractivity contribution >= 4 is 0 Å². The van der Waals surface area contributed by atoms with Crippen molar-refractivity contribution in [2.75, 3.05) is 6.54 Å². The fraction of sp³-hybridized carbons (Fsp3) is 0.800. The van der Waals surface area contributed by atoms with E-state index >= 15 is 0 Å². The third kappa shape index (κ3) is 2.95. The lowest BCUT2D eigenvalue weighted by molar-refractivity contribution is 0.115. The molecule has 0 radical (unpaired) electrons. The predicted octanol–water partition coefficient (Wildman–Crippen LogP) is 1.46. The normalized spacial score (nSPS) is 33.8. The van der Waals surface area contributed by atoms with E-state index in [4.69, 9.17) is 0 Å². The molecule has 0 unspecified atom stereocenters. The van der Waals surface area contributed by atoms with Gasteiger partial charge in [0.15, 0.2) is 0 Å². The lowest BCUT2D eigenvalue weighted by Crippen LogP contribution is -2.39. The third-order valence-electron chi connectivity index (χ3n) is 2.37. The molecule has 0 aliphatic heterocycles. The lowest BCUT2D eigenvalue weighted by Gasteiger charge is -2.24. The molecule has 2 nitrogen and oxygen atoms in total. The lowest BCUT2D eigenvalue weighted by atomic mass is 9.98. The fourth-order valence-corrected chi connectivity index (χ4v) is 1.67. The van der Waals surface area contributed by atoms with E-state index < -0.39 is 0 Å². The van der Waals surface area contributed by atoms with E-state index in [9.17, 15) is 5.11 Å². The van der Waals surface area contributed by atoms with Gasteiger partial charge in [0, 0.05) is 6.04 Å². The van der Waals surface area contributed by atoms with Gasteiger partial charge in [0.05, 0.1) is 6.10 Å². The molecule has 0 saturated carbocycles. The summed E-state index contributed by atoms with van der Waals surface area (Å²) in [5.74, 6) is 0. The van der Waals surface area contributed by atoms with Crippen LogP contribution in [0.1, 0.15) is 32.6 Å². The number of hydrogen-bond acceptors (Lipinski definition) is 2. The Morgan fingerprint density at radius 2 is 2.00 bits per heavy atom. The van der Waals surface area contributed by atoms with E-state index in [0.29, 0.717) is 6.04 Å². The maximum Gasteiger partial charge on any atom is 0.0696 e. The van der Waals surface area contributed by atoms with Crippen molar-refractivity contribution in [1.82, 2.24) is 5.32 Å². The molecule has 0 saturated heterocycles. The van der Waals surface area contributed by atoms with Gasteiger partial charge in [0.2, 0.25) is 0 Å². The molecule has 0 fully saturated rings. The van der Waals surface area contributed by atoms with Gasteiger partial charge in [0.1, 0.15) is 0 Å². The first-order chi connectivity index (χ1) is 5.84. The fourth-order valence-electron chi connectivity index (χ4n) is 1.67. The molecule has 0 aromatic rings. The zero-order valence-electron chi connectivity index (χ0n) is 7.79. The zero-order valence-corrected chi connectivity index (χ0v) is 7.79. The minimum absolute atomic E-state index is 0.158. The molecule has 0 aromatic heterocycles. The number of hydrogen-bond donors (Lipinski definition) is 2. The van der Waals surface area contributed by atoms with Gasteiger partial charge in [-0.3, -0.25) is 0 Å². The van der Waals surface area contributed by atoms with E-state index in [1.54, 1.807) is 0 Å². The third-order valence-corrected chi connectivity index (χ3v) is 2.37. The van der Waals surface area contributed by atoms with Crippen LogP contribution in [0.15, 0.2) is 12.2 Å². The minimum atomic E-state index is -0.158. The van der Waals surface area contributed by atoms with Crippen LogP contribution in [0.4, 0.5) is 0 Å². The molecule has 0 aromatic carbocycles. The summed E-state index contributed by atoms with van der Waals surface area (Å²) in [6, 6.07) is 0.306. The first-order valence-electron chi connectivity index (χ1n) is 4.91. The van der Waals surface area contributed by atoms with Crippen molar-refractivity contribution in [3.8, 4) is 0 Å². The predicted molar refractivity (Wildman–Crippen MR) is 51.1 cm³/mol. The van der Waals surface area contributed by atoms with E-state index in [1.165, 1.54) is 0 Å². The average Bonchev–Trinajstić information content (AvgIpc) is 2.05. The van der Waals surface area contributed by atoms with Crippen LogP contribution in [0.2, 0.25) is 0 Å². The van der Waals surface area contributed by atoms with Gasteiger partial charge < -0.3 is 10.4 Å². The van der Waals surface area contributed by atoms with Crippen molar-refractivity contribution in [2.24, 2.45) is 0 Å². The summed E-state index contributed by atoms with van der Waals surface area (Å²) >= 11 is 0. The van der Waals surface area contributed by atoms with Crippen LogP contribution in [-0.4, -0.2) is 23.8 Å². The molecule has 70 valence electrons. The summed E-state index contributed by atoms with van der Waals surface area (Å²) in [7, 11) is 0. The largest absolute Gasteiger partial charge is 0.391 e. The van der Waals surface area contributed by atoms with Crippen LogP contribution in [-0.2, 0) is 0 Å². The quantitative estimate of drug-likeness (QED) is 0.613. The summed E-state index contributed by atoms with van der Waals surface area (Å²) < 4.78 is 0. The highest BCUT2D eigenvalue weighted by atomic mass is 16.3. The molecular formula is C10H19NO. The Morgan fingerprint density at radius 1 is 1.33 bits per heavy atom. The topological polar surface area (TPSA) is 32.3 Å². The van der Waals surface area contributed by atoms with Crippen molar-refractivity contribution in [3.63, 3.8) is 0 Å². The van der Waals surface area contributed by atoms with Gasteiger partial charge in [-0.25, -0.2) is 0 Å². The molecule has 2 atom stereocenters. The number of allylic oxidation sites excluding steroid dienone is 2. The molecule has 0 amide bonds. The van der Waals surface area contributed by atoms with Crippen molar-refractivity contribution < 1.29 is 5.11 Å². The Labute approximate surface area is 74.7 Å².